The van der Waals surface area contributed by atoms with E-state index in [0.29, 0.717) is 44.2 Å². The summed E-state index contributed by atoms with van der Waals surface area (Å²) < 4.78 is 31.5. The molecule has 0 aliphatic carbocycles. The van der Waals surface area contributed by atoms with Crippen molar-refractivity contribution in [1.29, 1.82) is 0 Å². The minimum Gasteiger partial charge on any atom is -0.492 e. The van der Waals surface area contributed by atoms with Crippen molar-refractivity contribution in [3.05, 3.63) is 48.5 Å². The van der Waals surface area contributed by atoms with Crippen LogP contribution in [0.2, 0.25) is 0 Å². The predicted molar refractivity (Wildman–Crippen MR) is 118 cm³/mol. The minimum absolute atomic E-state index is 0.0812. The zero-order valence-electron chi connectivity index (χ0n) is 15.8. The number of carbonyl (C=O) groups excluding carboxylic acids is 1. The van der Waals surface area contributed by atoms with Crippen LogP contribution in [-0.4, -0.2) is 34.2 Å². The highest BCUT2D eigenvalue weighted by Gasteiger charge is 2.13. The van der Waals surface area contributed by atoms with E-state index in [-0.39, 0.29) is 11.7 Å². The van der Waals surface area contributed by atoms with Gasteiger partial charge in [-0.1, -0.05) is 59.1 Å². The molecule has 0 saturated carbocycles. The average molecular weight is 469 g/mol. The summed E-state index contributed by atoms with van der Waals surface area (Å²) in [7, 11) is 0. The van der Waals surface area contributed by atoms with E-state index in [2.05, 4.69) is 20.8 Å². The van der Waals surface area contributed by atoms with Gasteiger partial charge in [-0.15, -0.1) is 10.2 Å². The molecule has 30 heavy (non-hydrogen) atoms. The van der Waals surface area contributed by atoms with Crippen LogP contribution in [0.3, 0.4) is 0 Å². The second-order valence-electron chi connectivity index (χ2n) is 5.64. The summed E-state index contributed by atoms with van der Waals surface area (Å²) in [6.07, 6.45) is 0. The molecule has 0 spiro atoms. The number of carbonyl (C=O) groups is 1. The third kappa shape index (κ3) is 6.57. The first-order chi connectivity index (χ1) is 14.5. The van der Waals surface area contributed by atoms with Crippen molar-refractivity contribution < 1.29 is 18.3 Å². The van der Waals surface area contributed by atoms with Crippen LogP contribution in [-0.2, 0) is 4.79 Å². The van der Waals surface area contributed by atoms with E-state index in [1.807, 2.05) is 31.2 Å². The van der Waals surface area contributed by atoms with E-state index in [1.54, 1.807) is 24.3 Å². The van der Waals surface area contributed by atoms with Gasteiger partial charge in [0.05, 0.1) is 23.7 Å². The molecular weight excluding hydrogens is 450 g/mol. The minimum atomic E-state index is -2.56. The molecular formula is C19H18F2N4O2S3. The van der Waals surface area contributed by atoms with Gasteiger partial charge in [0.25, 0.3) is 5.76 Å². The molecule has 1 heterocycles. The molecule has 3 rings (SSSR count). The highest BCUT2D eigenvalue weighted by molar-refractivity contribution is 8.01. The lowest BCUT2D eigenvalue weighted by atomic mass is 10.3. The summed E-state index contributed by atoms with van der Waals surface area (Å²) in [6, 6.07) is 14.0. The van der Waals surface area contributed by atoms with E-state index < -0.39 is 5.76 Å². The Morgan fingerprint density at radius 1 is 1.13 bits per heavy atom. The van der Waals surface area contributed by atoms with Crippen molar-refractivity contribution >= 4 is 57.3 Å². The Labute approximate surface area is 184 Å². The standard InChI is InChI=1S/C19H18F2N4O2S3/c1-2-27-14-9-5-3-7-12(14)23-18-24-25-19(30-18)28-11-16(26)22-13-8-4-6-10-15(13)29-17(20)21/h3-10,17H,2,11H2,1H3,(H,22,26)(H,23,24). The van der Waals surface area contributed by atoms with Crippen LogP contribution >= 0.6 is 34.9 Å². The number of nitrogens with one attached hydrogen (secondary N) is 2. The Kier molecular flexibility index (Phi) is 8.29. The molecule has 11 heteroatoms. The number of hydrogen-bond donors (Lipinski definition) is 2. The number of nitrogens with zero attached hydrogens (tertiary/aromatic N) is 2. The van der Waals surface area contributed by atoms with Crippen LogP contribution in [0.15, 0.2) is 57.8 Å². The van der Waals surface area contributed by atoms with Crippen LogP contribution in [0.25, 0.3) is 0 Å². The van der Waals surface area contributed by atoms with E-state index >= 15 is 0 Å². The molecule has 0 aliphatic heterocycles. The molecule has 2 N–H and O–H groups in total. The molecule has 0 atom stereocenters. The maximum absolute atomic E-state index is 12.7. The summed E-state index contributed by atoms with van der Waals surface area (Å²) in [4.78, 5) is 12.6. The number of amides is 1. The number of alkyl halides is 2. The van der Waals surface area contributed by atoms with Gasteiger partial charge in [0.1, 0.15) is 5.75 Å². The summed E-state index contributed by atoms with van der Waals surface area (Å²) in [5.41, 5.74) is 1.14. The van der Waals surface area contributed by atoms with E-state index in [0.717, 1.165) is 5.69 Å². The smallest absolute Gasteiger partial charge is 0.288 e. The lowest BCUT2D eigenvalue weighted by Gasteiger charge is -2.09. The zero-order valence-corrected chi connectivity index (χ0v) is 18.3. The summed E-state index contributed by atoms with van der Waals surface area (Å²) in [6.45, 7) is 2.45. The third-order valence-corrected chi connectivity index (χ3v) is 6.30. The Morgan fingerprint density at radius 3 is 2.63 bits per heavy atom. The van der Waals surface area contributed by atoms with Gasteiger partial charge in [-0.05, 0) is 31.2 Å². The molecule has 0 aliphatic rings. The lowest BCUT2D eigenvalue weighted by molar-refractivity contribution is -0.113. The lowest BCUT2D eigenvalue weighted by Crippen LogP contribution is -2.14. The number of ether oxygens (including phenoxy) is 1. The van der Waals surface area contributed by atoms with Crippen LogP contribution < -0.4 is 15.4 Å². The second-order valence-corrected chi connectivity index (χ2v) is 8.87. The van der Waals surface area contributed by atoms with Gasteiger partial charge in [-0.3, -0.25) is 4.79 Å². The summed E-state index contributed by atoms with van der Waals surface area (Å²) >= 11 is 2.92. The quantitative estimate of drug-likeness (QED) is 0.368. The molecule has 3 aromatic rings. The highest BCUT2D eigenvalue weighted by Crippen LogP contribution is 2.33. The highest BCUT2D eigenvalue weighted by atomic mass is 32.2. The number of anilines is 3. The van der Waals surface area contributed by atoms with Gasteiger partial charge in [-0.25, -0.2) is 0 Å². The Balaban J connectivity index is 1.55. The molecule has 6 nitrogen and oxygen atoms in total. The second kappa shape index (κ2) is 11.1. The monoisotopic (exact) mass is 468 g/mol. The van der Waals surface area contributed by atoms with Crippen molar-refractivity contribution in [3.8, 4) is 5.75 Å². The molecule has 2 aromatic carbocycles. The topological polar surface area (TPSA) is 76.1 Å². The number of thioether (sulfide) groups is 2. The first-order valence-electron chi connectivity index (χ1n) is 8.84. The van der Waals surface area contributed by atoms with Crippen LogP contribution in [0.5, 0.6) is 5.75 Å². The molecule has 0 saturated heterocycles. The fourth-order valence-electron chi connectivity index (χ4n) is 2.37. The SMILES string of the molecule is CCOc1ccccc1Nc1nnc(SCC(=O)Nc2ccccc2SC(F)F)s1. The molecule has 0 unspecified atom stereocenters. The molecule has 0 fully saturated rings. The van der Waals surface area contributed by atoms with Crippen LogP contribution in [0.4, 0.5) is 25.3 Å². The molecule has 0 radical (unpaired) electrons. The zero-order chi connectivity index (χ0) is 21.3. The number of hydrogen-bond acceptors (Lipinski definition) is 8. The number of rotatable bonds is 10. The van der Waals surface area contributed by atoms with Gasteiger partial charge in [0.15, 0.2) is 4.34 Å². The number of aromatic nitrogens is 2. The largest absolute Gasteiger partial charge is 0.492 e. The molecule has 0 bridgehead atoms. The average Bonchev–Trinajstić information content (AvgIpc) is 3.17. The maximum Gasteiger partial charge on any atom is 0.288 e. The van der Waals surface area contributed by atoms with Crippen molar-refractivity contribution in [3.63, 3.8) is 0 Å². The van der Waals surface area contributed by atoms with E-state index in [1.165, 1.54) is 23.1 Å². The van der Waals surface area contributed by atoms with Crippen molar-refractivity contribution in [2.45, 2.75) is 21.9 Å². The molecule has 1 amide bonds. The molecule has 1 aromatic heterocycles. The molecule has 158 valence electrons. The van der Waals surface area contributed by atoms with Crippen molar-refractivity contribution in [1.82, 2.24) is 10.2 Å². The fourth-order valence-corrected chi connectivity index (χ4v) is 4.53. The Morgan fingerprint density at radius 2 is 1.87 bits per heavy atom. The summed E-state index contributed by atoms with van der Waals surface area (Å²) in [5.74, 6) is -2.08. The van der Waals surface area contributed by atoms with Gasteiger partial charge in [0.2, 0.25) is 11.0 Å². The van der Waals surface area contributed by atoms with Gasteiger partial charge in [0, 0.05) is 4.90 Å². The first kappa shape index (κ1) is 22.3. The third-order valence-electron chi connectivity index (χ3n) is 3.54. The van der Waals surface area contributed by atoms with E-state index in [9.17, 15) is 13.6 Å². The number of halogens is 2. The van der Waals surface area contributed by atoms with Gasteiger partial charge in [-0.2, -0.15) is 8.78 Å². The van der Waals surface area contributed by atoms with E-state index in [4.69, 9.17) is 4.74 Å². The van der Waals surface area contributed by atoms with Gasteiger partial charge >= 0.3 is 0 Å². The number of benzene rings is 2. The Bertz CT molecular complexity index is 988. The first-order valence-corrected chi connectivity index (χ1v) is 11.5. The van der Waals surface area contributed by atoms with Crippen molar-refractivity contribution in [2.24, 2.45) is 0 Å². The van der Waals surface area contributed by atoms with Crippen LogP contribution in [0, 0.1) is 0 Å². The number of para-hydroxylation sites is 3. The Hall–Kier alpha value is -2.37. The van der Waals surface area contributed by atoms with Crippen LogP contribution in [0.1, 0.15) is 6.92 Å². The summed E-state index contributed by atoms with van der Waals surface area (Å²) in [5, 5.41) is 14.6. The normalized spacial score (nSPS) is 10.8. The van der Waals surface area contributed by atoms with Gasteiger partial charge < -0.3 is 15.4 Å². The fraction of sp³-hybridized carbons (Fsp3) is 0.211. The predicted octanol–water partition coefficient (Wildman–Crippen LogP) is 5.73. The van der Waals surface area contributed by atoms with Crippen molar-refractivity contribution in [2.75, 3.05) is 23.0 Å². The maximum atomic E-state index is 12.7.